The molecule has 1 aromatic heterocycles. The number of nitrogens with one attached hydrogen (secondary N) is 2. The van der Waals surface area contributed by atoms with E-state index in [9.17, 15) is 9.59 Å². The number of fused-ring (bicyclic) bond motifs is 1. The average Bonchev–Trinajstić information content (AvgIpc) is 3.22. The third-order valence-corrected chi connectivity index (χ3v) is 5.90. The summed E-state index contributed by atoms with van der Waals surface area (Å²) in [5, 5.41) is 6.39. The number of hydrogen-bond donors (Lipinski definition) is 2. The van der Waals surface area contributed by atoms with Crippen LogP contribution in [0.25, 0.3) is 0 Å². The van der Waals surface area contributed by atoms with Gasteiger partial charge in [-0.05, 0) is 56.5 Å². The van der Waals surface area contributed by atoms with Crippen molar-refractivity contribution in [2.75, 3.05) is 10.6 Å². The Labute approximate surface area is 167 Å². The molecule has 2 N–H and O–H groups in total. The van der Waals surface area contributed by atoms with Gasteiger partial charge in [-0.25, -0.2) is 4.98 Å². The largest absolute Gasteiger partial charge is 0.326 e. The van der Waals surface area contributed by atoms with E-state index < -0.39 is 0 Å². The number of aryl methyl sites for hydroxylation is 3. The molecular formula is C22H21N3O2S. The fourth-order valence-corrected chi connectivity index (χ4v) is 4.40. The monoisotopic (exact) mass is 391 g/mol. The van der Waals surface area contributed by atoms with Crippen molar-refractivity contribution in [2.24, 2.45) is 0 Å². The summed E-state index contributed by atoms with van der Waals surface area (Å²) < 4.78 is 0. The number of benzene rings is 2. The second-order valence-electron chi connectivity index (χ2n) is 7.10. The zero-order valence-corrected chi connectivity index (χ0v) is 16.6. The van der Waals surface area contributed by atoms with Crippen LogP contribution in [0.2, 0.25) is 0 Å². The van der Waals surface area contributed by atoms with E-state index in [1.807, 2.05) is 50.2 Å². The van der Waals surface area contributed by atoms with Crippen molar-refractivity contribution >= 4 is 34.0 Å². The number of aromatic nitrogens is 1. The fourth-order valence-electron chi connectivity index (χ4n) is 3.36. The van der Waals surface area contributed by atoms with Crippen molar-refractivity contribution in [1.82, 2.24) is 4.98 Å². The van der Waals surface area contributed by atoms with E-state index in [1.165, 1.54) is 11.3 Å². The highest BCUT2D eigenvalue weighted by atomic mass is 32.1. The Morgan fingerprint density at radius 1 is 1.04 bits per heavy atom. The molecule has 2 amide bonds. The molecule has 1 heterocycles. The highest BCUT2D eigenvalue weighted by Crippen LogP contribution is 2.39. The maximum atomic E-state index is 12.7. The minimum absolute atomic E-state index is 0.0499. The van der Waals surface area contributed by atoms with Crippen LogP contribution in [0.15, 0.2) is 48.5 Å². The van der Waals surface area contributed by atoms with Gasteiger partial charge in [0.05, 0.1) is 11.6 Å². The summed E-state index contributed by atoms with van der Waals surface area (Å²) in [6.45, 7) is 3.97. The summed E-state index contributed by atoms with van der Waals surface area (Å²) in [7, 11) is 0. The van der Waals surface area contributed by atoms with Gasteiger partial charge in [-0.2, -0.15) is 0 Å². The van der Waals surface area contributed by atoms with E-state index in [1.54, 1.807) is 12.1 Å². The van der Waals surface area contributed by atoms with Gasteiger partial charge in [0.1, 0.15) is 0 Å². The van der Waals surface area contributed by atoms with Crippen LogP contribution in [-0.2, 0) is 11.2 Å². The molecule has 5 nitrogen and oxygen atoms in total. The molecule has 2 aromatic carbocycles. The minimum atomic E-state index is -0.281. The van der Waals surface area contributed by atoms with Crippen LogP contribution in [0.5, 0.6) is 0 Å². The minimum Gasteiger partial charge on any atom is -0.326 e. The first-order chi connectivity index (χ1) is 13.5. The molecule has 1 aliphatic carbocycles. The van der Waals surface area contributed by atoms with Gasteiger partial charge in [0.2, 0.25) is 5.91 Å². The number of hydrogen-bond acceptors (Lipinski definition) is 4. The zero-order valence-electron chi connectivity index (χ0n) is 15.8. The molecule has 0 aliphatic heterocycles. The quantitative estimate of drug-likeness (QED) is 0.678. The van der Waals surface area contributed by atoms with Gasteiger partial charge in [0, 0.05) is 16.1 Å². The molecule has 3 aromatic rings. The van der Waals surface area contributed by atoms with Crippen LogP contribution in [0.1, 0.15) is 44.4 Å². The Balaban J connectivity index is 1.47. The highest BCUT2D eigenvalue weighted by Gasteiger charge is 2.33. The number of carbonyl (C=O) groups is 2. The highest BCUT2D eigenvalue weighted by molar-refractivity contribution is 7.16. The van der Waals surface area contributed by atoms with Gasteiger partial charge in [-0.1, -0.05) is 29.8 Å². The molecule has 1 atom stereocenters. The topological polar surface area (TPSA) is 71.1 Å². The van der Waals surface area contributed by atoms with Gasteiger partial charge in [-0.3, -0.25) is 14.9 Å². The van der Waals surface area contributed by atoms with E-state index in [4.69, 9.17) is 0 Å². The number of amides is 2. The molecule has 28 heavy (non-hydrogen) atoms. The lowest BCUT2D eigenvalue weighted by Gasteiger charge is -2.11. The molecule has 142 valence electrons. The molecule has 4 rings (SSSR count). The Hall–Kier alpha value is -2.99. The van der Waals surface area contributed by atoms with Crippen LogP contribution >= 0.6 is 11.3 Å². The van der Waals surface area contributed by atoms with Gasteiger partial charge in [0.15, 0.2) is 5.13 Å². The summed E-state index contributed by atoms with van der Waals surface area (Å²) in [5.74, 6) is -0.518. The van der Waals surface area contributed by atoms with Gasteiger partial charge in [0.25, 0.3) is 5.91 Å². The normalized spacial score (nSPS) is 15.1. The standard InChI is InChI=1S/C22H21N3O2S/c1-13-6-8-15(9-7-13)20(26)25-22-24-19-17(10-11-18(19)28-22)21(27)23-16-5-3-4-14(2)12-16/h3-9,12,17H,10-11H2,1-2H3,(H,23,27)(H,24,25,26). The molecule has 0 fully saturated rings. The number of anilines is 2. The van der Waals surface area contributed by atoms with E-state index in [0.29, 0.717) is 10.7 Å². The van der Waals surface area contributed by atoms with Crippen molar-refractivity contribution in [3.05, 3.63) is 75.8 Å². The van der Waals surface area contributed by atoms with Crippen molar-refractivity contribution < 1.29 is 9.59 Å². The molecule has 1 aliphatic rings. The number of thiazole rings is 1. The van der Waals surface area contributed by atoms with Crippen LogP contribution in [0.3, 0.4) is 0 Å². The van der Waals surface area contributed by atoms with Crippen LogP contribution in [0.4, 0.5) is 10.8 Å². The second kappa shape index (κ2) is 7.56. The fraction of sp³-hybridized carbons (Fsp3) is 0.227. The summed E-state index contributed by atoms with van der Waals surface area (Å²) >= 11 is 1.45. The van der Waals surface area contributed by atoms with Gasteiger partial charge >= 0.3 is 0 Å². The molecule has 0 saturated heterocycles. The molecular weight excluding hydrogens is 370 g/mol. The Morgan fingerprint density at radius 3 is 2.57 bits per heavy atom. The lowest BCUT2D eigenvalue weighted by molar-refractivity contribution is -0.117. The molecule has 0 spiro atoms. The molecule has 0 bridgehead atoms. The molecule has 1 unspecified atom stereocenters. The lowest BCUT2D eigenvalue weighted by atomic mass is 10.1. The predicted octanol–water partition coefficient (Wildman–Crippen LogP) is 4.68. The third-order valence-electron chi connectivity index (χ3n) is 4.85. The first-order valence-corrected chi connectivity index (χ1v) is 10.1. The summed E-state index contributed by atoms with van der Waals surface area (Å²) in [6.07, 6.45) is 1.55. The second-order valence-corrected chi connectivity index (χ2v) is 8.18. The summed E-state index contributed by atoms with van der Waals surface area (Å²) in [5.41, 5.74) is 4.37. The maximum Gasteiger partial charge on any atom is 0.257 e. The van der Waals surface area contributed by atoms with Gasteiger partial charge in [-0.15, -0.1) is 11.3 Å². The van der Waals surface area contributed by atoms with Gasteiger partial charge < -0.3 is 5.32 Å². The van der Waals surface area contributed by atoms with Crippen LogP contribution in [0, 0.1) is 13.8 Å². The van der Waals surface area contributed by atoms with E-state index >= 15 is 0 Å². The van der Waals surface area contributed by atoms with Crippen molar-refractivity contribution in [3.8, 4) is 0 Å². The van der Waals surface area contributed by atoms with Crippen molar-refractivity contribution in [1.29, 1.82) is 0 Å². The van der Waals surface area contributed by atoms with E-state index in [0.717, 1.165) is 40.2 Å². The van der Waals surface area contributed by atoms with Crippen LogP contribution in [-0.4, -0.2) is 16.8 Å². The molecule has 0 radical (unpaired) electrons. The maximum absolute atomic E-state index is 12.7. The van der Waals surface area contributed by atoms with Crippen molar-refractivity contribution in [2.45, 2.75) is 32.6 Å². The molecule has 6 heteroatoms. The zero-order chi connectivity index (χ0) is 19.7. The smallest absolute Gasteiger partial charge is 0.257 e. The Bertz CT molecular complexity index is 1040. The van der Waals surface area contributed by atoms with Crippen LogP contribution < -0.4 is 10.6 Å². The van der Waals surface area contributed by atoms with Crippen molar-refractivity contribution in [3.63, 3.8) is 0 Å². The number of carbonyl (C=O) groups excluding carboxylic acids is 2. The number of nitrogens with zero attached hydrogens (tertiary/aromatic N) is 1. The Kier molecular flexibility index (Phi) is 4.96. The first-order valence-electron chi connectivity index (χ1n) is 9.25. The third kappa shape index (κ3) is 3.82. The Morgan fingerprint density at radius 2 is 1.82 bits per heavy atom. The SMILES string of the molecule is Cc1ccc(C(=O)Nc2nc3c(s2)CCC3C(=O)Nc2cccc(C)c2)cc1. The summed E-state index contributed by atoms with van der Waals surface area (Å²) in [6, 6.07) is 15.1. The van der Waals surface area contributed by atoms with E-state index in [-0.39, 0.29) is 17.7 Å². The predicted molar refractivity (Wildman–Crippen MR) is 112 cm³/mol. The number of rotatable bonds is 4. The van der Waals surface area contributed by atoms with E-state index in [2.05, 4.69) is 15.6 Å². The lowest BCUT2D eigenvalue weighted by Crippen LogP contribution is -2.20. The average molecular weight is 391 g/mol. The molecule has 0 saturated carbocycles. The first kappa shape index (κ1) is 18.4. The summed E-state index contributed by atoms with van der Waals surface area (Å²) in [4.78, 5) is 30.8.